The lowest BCUT2D eigenvalue weighted by atomic mass is 9.92. The standard InChI is InChI=1S/C12H13N3O3/c16-10-4-3-7-6-9(15(17)18)12-8(11(7)14-10)2-1-5-13-12/h6,13H,1-5H2,(H,14,16). The summed E-state index contributed by atoms with van der Waals surface area (Å²) in [6.07, 6.45) is 2.68. The van der Waals surface area contributed by atoms with Crippen LogP contribution in [0.1, 0.15) is 24.0 Å². The molecule has 0 unspecified atom stereocenters. The fourth-order valence-electron chi connectivity index (χ4n) is 2.66. The third-order valence-corrected chi connectivity index (χ3v) is 3.48. The van der Waals surface area contributed by atoms with Gasteiger partial charge in [0.1, 0.15) is 5.69 Å². The van der Waals surface area contributed by atoms with Crippen LogP contribution >= 0.6 is 0 Å². The van der Waals surface area contributed by atoms with Gasteiger partial charge >= 0.3 is 0 Å². The van der Waals surface area contributed by atoms with Crippen LogP contribution < -0.4 is 10.6 Å². The van der Waals surface area contributed by atoms with E-state index >= 15 is 0 Å². The number of hydrogen-bond donors (Lipinski definition) is 2. The van der Waals surface area contributed by atoms with Crippen molar-refractivity contribution in [3.8, 4) is 0 Å². The van der Waals surface area contributed by atoms with E-state index in [1.165, 1.54) is 0 Å². The summed E-state index contributed by atoms with van der Waals surface area (Å²) in [6, 6.07) is 1.59. The van der Waals surface area contributed by atoms with Crippen LogP contribution in [0.25, 0.3) is 0 Å². The highest BCUT2D eigenvalue weighted by atomic mass is 16.6. The molecule has 6 heteroatoms. The first-order chi connectivity index (χ1) is 8.66. The van der Waals surface area contributed by atoms with Crippen LogP contribution in [0.4, 0.5) is 17.1 Å². The Hall–Kier alpha value is -2.11. The zero-order chi connectivity index (χ0) is 12.7. The van der Waals surface area contributed by atoms with Crippen LogP contribution in [0.2, 0.25) is 0 Å². The van der Waals surface area contributed by atoms with Crippen molar-refractivity contribution in [2.75, 3.05) is 17.2 Å². The van der Waals surface area contributed by atoms with Crippen molar-refractivity contribution < 1.29 is 9.72 Å². The molecule has 0 aromatic heterocycles. The van der Waals surface area contributed by atoms with Gasteiger partial charge in [0.2, 0.25) is 5.91 Å². The molecule has 2 N–H and O–H groups in total. The molecule has 1 aromatic rings. The number of aryl methyl sites for hydroxylation is 1. The highest BCUT2D eigenvalue weighted by Crippen LogP contribution is 2.41. The Labute approximate surface area is 104 Å². The number of carbonyl (C=O) groups is 1. The Morgan fingerprint density at radius 2 is 2.06 bits per heavy atom. The van der Waals surface area contributed by atoms with Gasteiger partial charge in [0.25, 0.3) is 5.69 Å². The van der Waals surface area contributed by atoms with Crippen molar-refractivity contribution in [1.82, 2.24) is 0 Å². The minimum Gasteiger partial charge on any atom is -0.379 e. The normalized spacial score (nSPS) is 17.2. The number of nitrogens with zero attached hydrogens (tertiary/aromatic N) is 1. The molecule has 2 heterocycles. The maximum atomic E-state index is 11.5. The summed E-state index contributed by atoms with van der Waals surface area (Å²) in [5.74, 6) is -0.0101. The van der Waals surface area contributed by atoms with Crippen LogP contribution in [0.15, 0.2) is 6.07 Å². The molecule has 0 spiro atoms. The molecular formula is C12H13N3O3. The van der Waals surface area contributed by atoms with Gasteiger partial charge in [-0.2, -0.15) is 0 Å². The number of benzene rings is 1. The summed E-state index contributed by atoms with van der Waals surface area (Å²) >= 11 is 0. The SMILES string of the molecule is O=C1CCc2cc([N+](=O)[O-])c3c(c2N1)CCCN3. The molecule has 2 aliphatic rings. The van der Waals surface area contributed by atoms with Gasteiger partial charge in [-0.1, -0.05) is 0 Å². The molecule has 6 nitrogen and oxygen atoms in total. The molecular weight excluding hydrogens is 234 g/mol. The van der Waals surface area contributed by atoms with E-state index in [0.29, 0.717) is 18.5 Å². The van der Waals surface area contributed by atoms with Crippen molar-refractivity contribution >= 4 is 23.0 Å². The lowest BCUT2D eigenvalue weighted by Gasteiger charge is -2.26. The predicted molar refractivity (Wildman–Crippen MR) is 66.9 cm³/mol. The van der Waals surface area contributed by atoms with Crippen LogP contribution in [-0.2, 0) is 17.6 Å². The first-order valence-electron chi connectivity index (χ1n) is 6.03. The zero-order valence-electron chi connectivity index (χ0n) is 9.78. The van der Waals surface area contributed by atoms with Gasteiger partial charge in [0.15, 0.2) is 0 Å². The minimum atomic E-state index is -0.353. The van der Waals surface area contributed by atoms with Crippen molar-refractivity contribution in [3.63, 3.8) is 0 Å². The van der Waals surface area contributed by atoms with Gasteiger partial charge in [-0.15, -0.1) is 0 Å². The molecule has 18 heavy (non-hydrogen) atoms. The van der Waals surface area contributed by atoms with Gasteiger partial charge in [-0.05, 0) is 24.8 Å². The van der Waals surface area contributed by atoms with Crippen molar-refractivity contribution in [2.45, 2.75) is 25.7 Å². The van der Waals surface area contributed by atoms with Crippen molar-refractivity contribution in [3.05, 3.63) is 27.3 Å². The molecule has 0 atom stereocenters. The van der Waals surface area contributed by atoms with E-state index in [1.807, 2.05) is 0 Å². The van der Waals surface area contributed by atoms with Gasteiger partial charge < -0.3 is 10.6 Å². The molecule has 3 rings (SSSR count). The molecule has 94 valence electrons. The summed E-state index contributed by atoms with van der Waals surface area (Å²) in [5, 5.41) is 17.0. The second-order valence-electron chi connectivity index (χ2n) is 4.62. The Bertz CT molecular complexity index is 554. The number of fused-ring (bicyclic) bond motifs is 3. The van der Waals surface area contributed by atoms with Crippen molar-refractivity contribution in [2.24, 2.45) is 0 Å². The smallest absolute Gasteiger partial charge is 0.293 e. The summed E-state index contributed by atoms with van der Waals surface area (Å²) < 4.78 is 0. The van der Waals surface area contributed by atoms with Crippen LogP contribution in [-0.4, -0.2) is 17.4 Å². The van der Waals surface area contributed by atoms with E-state index in [1.54, 1.807) is 6.07 Å². The Kier molecular flexibility index (Phi) is 2.43. The molecule has 2 aliphatic heterocycles. The molecule has 0 bridgehead atoms. The van der Waals surface area contributed by atoms with E-state index in [-0.39, 0.29) is 16.5 Å². The minimum absolute atomic E-state index is 0.0101. The lowest BCUT2D eigenvalue weighted by molar-refractivity contribution is -0.384. The largest absolute Gasteiger partial charge is 0.379 e. The number of carbonyl (C=O) groups excluding carboxylic acids is 1. The van der Waals surface area contributed by atoms with Gasteiger partial charge in [0, 0.05) is 30.3 Å². The molecule has 1 amide bonds. The Morgan fingerprint density at radius 1 is 1.22 bits per heavy atom. The Balaban J connectivity index is 2.22. The third-order valence-electron chi connectivity index (χ3n) is 3.48. The van der Waals surface area contributed by atoms with Crippen molar-refractivity contribution in [1.29, 1.82) is 0 Å². The zero-order valence-corrected chi connectivity index (χ0v) is 9.78. The first kappa shape index (κ1) is 11.0. The van der Waals surface area contributed by atoms with E-state index in [0.717, 1.165) is 36.2 Å². The third kappa shape index (κ3) is 1.61. The number of nitrogens with one attached hydrogen (secondary N) is 2. The summed E-state index contributed by atoms with van der Waals surface area (Å²) in [4.78, 5) is 22.2. The number of amides is 1. The predicted octanol–water partition coefficient (Wildman–Crippen LogP) is 1.84. The molecule has 1 aromatic carbocycles. The average Bonchev–Trinajstić information content (AvgIpc) is 2.37. The summed E-state index contributed by atoms with van der Waals surface area (Å²) in [5.41, 5.74) is 3.26. The fraction of sp³-hybridized carbons (Fsp3) is 0.417. The number of nitro groups is 1. The number of anilines is 2. The average molecular weight is 247 g/mol. The van der Waals surface area contributed by atoms with Crippen LogP contribution in [0.3, 0.4) is 0 Å². The summed E-state index contributed by atoms with van der Waals surface area (Å²) in [6.45, 7) is 0.737. The van der Waals surface area contributed by atoms with Gasteiger partial charge in [-0.3, -0.25) is 14.9 Å². The molecule has 0 saturated carbocycles. The number of hydrogen-bond acceptors (Lipinski definition) is 4. The highest BCUT2D eigenvalue weighted by molar-refractivity contribution is 5.97. The first-order valence-corrected chi connectivity index (χ1v) is 6.03. The second-order valence-corrected chi connectivity index (χ2v) is 4.62. The highest BCUT2D eigenvalue weighted by Gasteiger charge is 2.28. The van der Waals surface area contributed by atoms with Crippen LogP contribution in [0.5, 0.6) is 0 Å². The van der Waals surface area contributed by atoms with Gasteiger partial charge in [-0.25, -0.2) is 0 Å². The Morgan fingerprint density at radius 3 is 2.83 bits per heavy atom. The monoisotopic (exact) mass is 247 g/mol. The molecule has 0 aliphatic carbocycles. The maximum Gasteiger partial charge on any atom is 0.293 e. The van der Waals surface area contributed by atoms with Crippen LogP contribution in [0, 0.1) is 10.1 Å². The summed E-state index contributed by atoms with van der Waals surface area (Å²) in [7, 11) is 0. The molecule has 0 fully saturated rings. The topological polar surface area (TPSA) is 84.3 Å². The molecule has 0 radical (unpaired) electrons. The second kappa shape index (κ2) is 3.97. The fourth-order valence-corrected chi connectivity index (χ4v) is 2.66. The number of rotatable bonds is 1. The van der Waals surface area contributed by atoms with E-state index < -0.39 is 0 Å². The molecule has 0 saturated heterocycles. The maximum absolute atomic E-state index is 11.5. The van der Waals surface area contributed by atoms with Gasteiger partial charge in [0.05, 0.1) is 4.92 Å². The lowest BCUT2D eigenvalue weighted by Crippen LogP contribution is -2.23. The number of nitro benzene ring substituents is 1. The van der Waals surface area contributed by atoms with E-state index in [4.69, 9.17) is 0 Å². The van der Waals surface area contributed by atoms with E-state index in [2.05, 4.69) is 10.6 Å². The van der Waals surface area contributed by atoms with E-state index in [9.17, 15) is 14.9 Å². The quantitative estimate of drug-likeness (QED) is 0.585.